The Hall–Kier alpha value is -2.11. The number of alkyl carbamates (subject to hydrolysis) is 1. The second-order valence-corrected chi connectivity index (χ2v) is 5.34. The highest BCUT2D eigenvalue weighted by Crippen LogP contribution is 2.13. The van der Waals surface area contributed by atoms with Crippen molar-refractivity contribution in [3.05, 3.63) is 35.6 Å². The molecule has 6 heteroatoms. The normalized spacial score (nSPS) is 20.0. The Kier molecular flexibility index (Phi) is 5.75. The molecule has 2 unspecified atom stereocenters. The number of aryl methyl sites for hydroxylation is 1. The lowest BCUT2D eigenvalue weighted by Crippen LogP contribution is -2.58. The molecule has 1 saturated heterocycles. The summed E-state index contributed by atoms with van der Waals surface area (Å²) in [5.74, 6) is -0.656. The van der Waals surface area contributed by atoms with Gasteiger partial charge in [-0.1, -0.05) is 12.1 Å². The van der Waals surface area contributed by atoms with Crippen LogP contribution in [0.2, 0.25) is 0 Å². The van der Waals surface area contributed by atoms with E-state index >= 15 is 0 Å². The molecule has 0 aromatic heterocycles. The van der Waals surface area contributed by atoms with E-state index in [0.29, 0.717) is 6.61 Å². The molecule has 5 nitrogen and oxygen atoms in total. The zero-order chi connectivity index (χ0) is 15.9. The number of carbonyl (C=O) groups is 2. The number of ether oxygens (including phenoxy) is 2. The minimum Gasteiger partial charge on any atom is -0.458 e. The maximum Gasteiger partial charge on any atom is 0.407 e. The summed E-state index contributed by atoms with van der Waals surface area (Å²) < 4.78 is 22.5. The summed E-state index contributed by atoms with van der Waals surface area (Å²) in [6.07, 6.45) is 2.59. The van der Waals surface area contributed by atoms with E-state index < -0.39 is 18.1 Å². The predicted molar refractivity (Wildman–Crippen MR) is 77.8 cm³/mol. The van der Waals surface area contributed by atoms with Gasteiger partial charge in [-0.3, -0.25) is 0 Å². The first kappa shape index (κ1) is 16.3. The summed E-state index contributed by atoms with van der Waals surface area (Å²) in [4.78, 5) is 22.5. The van der Waals surface area contributed by atoms with Crippen molar-refractivity contribution in [3.8, 4) is 0 Å². The number of unbranched alkanes of at least 4 members (excludes halogenated alkanes) is 2. The number of hydrogen-bond donors (Lipinski definition) is 1. The zero-order valence-corrected chi connectivity index (χ0v) is 12.5. The lowest BCUT2D eigenvalue weighted by molar-refractivity contribution is -0.174. The topological polar surface area (TPSA) is 64.6 Å². The smallest absolute Gasteiger partial charge is 0.407 e. The number of hydrogen-bond acceptors (Lipinski definition) is 4. The monoisotopic (exact) mass is 309 g/mol. The summed E-state index contributed by atoms with van der Waals surface area (Å²) in [5.41, 5.74) is 1.09. The first-order chi connectivity index (χ1) is 10.6. The van der Waals surface area contributed by atoms with Gasteiger partial charge in [0.25, 0.3) is 0 Å². The molecule has 1 N–H and O–H groups in total. The van der Waals surface area contributed by atoms with Crippen LogP contribution in [0.25, 0.3) is 0 Å². The fraction of sp³-hybridized carbons (Fsp3) is 0.500. The first-order valence-corrected chi connectivity index (χ1v) is 7.44. The summed E-state index contributed by atoms with van der Waals surface area (Å²) in [7, 11) is 0. The summed E-state index contributed by atoms with van der Waals surface area (Å²) in [5, 5.41) is 2.47. The highest BCUT2D eigenvalue weighted by molar-refractivity contribution is 5.86. The third-order valence-electron chi connectivity index (χ3n) is 3.55. The number of benzene rings is 1. The van der Waals surface area contributed by atoms with Crippen LogP contribution in [0.3, 0.4) is 0 Å². The van der Waals surface area contributed by atoms with Crippen LogP contribution in [0, 0.1) is 5.82 Å². The minimum absolute atomic E-state index is 0.229. The van der Waals surface area contributed by atoms with E-state index in [0.717, 1.165) is 31.2 Å². The largest absolute Gasteiger partial charge is 0.458 e. The lowest BCUT2D eigenvalue weighted by atomic mass is 10.1. The number of carbonyl (C=O) groups excluding carboxylic acids is 2. The van der Waals surface area contributed by atoms with Crippen LogP contribution in [-0.4, -0.2) is 30.8 Å². The molecular weight excluding hydrogens is 289 g/mol. The molecule has 120 valence electrons. The molecule has 1 aromatic rings. The van der Waals surface area contributed by atoms with Crippen molar-refractivity contribution in [3.63, 3.8) is 0 Å². The van der Waals surface area contributed by atoms with E-state index in [1.807, 2.05) is 0 Å². The summed E-state index contributed by atoms with van der Waals surface area (Å²) in [6.45, 7) is 2.02. The Morgan fingerprint density at radius 1 is 1.27 bits per heavy atom. The molecule has 22 heavy (non-hydrogen) atoms. The van der Waals surface area contributed by atoms with Crippen LogP contribution in [-0.2, 0) is 20.7 Å². The third kappa shape index (κ3) is 4.72. The minimum atomic E-state index is -0.592. The van der Waals surface area contributed by atoms with Crippen molar-refractivity contribution >= 4 is 12.1 Å². The third-order valence-corrected chi connectivity index (χ3v) is 3.55. The van der Waals surface area contributed by atoms with Crippen LogP contribution in [0.4, 0.5) is 9.18 Å². The number of halogens is 1. The second kappa shape index (κ2) is 7.77. The maximum absolute atomic E-state index is 12.7. The molecule has 2 rings (SSSR count). The van der Waals surface area contributed by atoms with Crippen LogP contribution in [0.1, 0.15) is 31.7 Å². The maximum atomic E-state index is 12.7. The Labute approximate surface area is 128 Å². The van der Waals surface area contributed by atoms with Gasteiger partial charge in [-0.25, -0.2) is 14.0 Å². The van der Waals surface area contributed by atoms with E-state index in [9.17, 15) is 14.0 Å². The van der Waals surface area contributed by atoms with Crippen molar-refractivity contribution in [1.82, 2.24) is 5.32 Å². The molecule has 1 fully saturated rings. The van der Waals surface area contributed by atoms with Gasteiger partial charge < -0.3 is 14.8 Å². The van der Waals surface area contributed by atoms with Gasteiger partial charge in [0.2, 0.25) is 0 Å². The summed E-state index contributed by atoms with van der Waals surface area (Å²) in [6, 6.07) is 5.87. The standard InChI is InChI=1S/C16H20FNO4/c1-11-14(15(19)22-11)18-16(20)21-10-4-2-3-5-12-6-8-13(17)9-7-12/h6-9,11,14H,2-5,10H2,1H3,(H,18,20). The van der Waals surface area contributed by atoms with Gasteiger partial charge in [-0.15, -0.1) is 0 Å². The summed E-state index contributed by atoms with van der Waals surface area (Å²) >= 11 is 0. The van der Waals surface area contributed by atoms with E-state index in [2.05, 4.69) is 5.32 Å². The van der Waals surface area contributed by atoms with Gasteiger partial charge in [-0.2, -0.15) is 0 Å². The van der Waals surface area contributed by atoms with Crippen LogP contribution >= 0.6 is 0 Å². The molecule has 1 aromatic carbocycles. The molecule has 0 bridgehead atoms. The van der Waals surface area contributed by atoms with E-state index in [-0.39, 0.29) is 11.9 Å². The number of esters is 1. The lowest BCUT2D eigenvalue weighted by Gasteiger charge is -2.32. The van der Waals surface area contributed by atoms with Crippen molar-refractivity contribution < 1.29 is 23.5 Å². The fourth-order valence-electron chi connectivity index (χ4n) is 2.21. The molecule has 2 atom stereocenters. The Balaban J connectivity index is 1.51. The highest BCUT2D eigenvalue weighted by Gasteiger charge is 2.40. The Morgan fingerprint density at radius 2 is 2.00 bits per heavy atom. The molecule has 0 aliphatic carbocycles. The predicted octanol–water partition coefficient (Wildman–Crippen LogP) is 2.58. The van der Waals surface area contributed by atoms with Crippen molar-refractivity contribution in [2.75, 3.05) is 6.61 Å². The van der Waals surface area contributed by atoms with Gasteiger partial charge in [0.05, 0.1) is 6.61 Å². The highest BCUT2D eigenvalue weighted by atomic mass is 19.1. The van der Waals surface area contributed by atoms with Gasteiger partial charge >= 0.3 is 12.1 Å². The SMILES string of the molecule is CC1OC(=O)C1NC(=O)OCCCCCc1ccc(F)cc1. The van der Waals surface area contributed by atoms with Crippen molar-refractivity contribution in [1.29, 1.82) is 0 Å². The second-order valence-electron chi connectivity index (χ2n) is 5.34. The quantitative estimate of drug-likeness (QED) is 0.621. The average Bonchev–Trinajstić information content (AvgIpc) is 2.50. The van der Waals surface area contributed by atoms with Gasteiger partial charge in [-0.05, 0) is 50.3 Å². The molecule has 1 heterocycles. The Morgan fingerprint density at radius 3 is 2.64 bits per heavy atom. The van der Waals surface area contributed by atoms with Crippen LogP contribution in [0.5, 0.6) is 0 Å². The molecule has 0 saturated carbocycles. The zero-order valence-electron chi connectivity index (χ0n) is 12.5. The van der Waals surface area contributed by atoms with E-state index in [1.165, 1.54) is 12.1 Å². The first-order valence-electron chi connectivity index (χ1n) is 7.44. The Bertz CT molecular complexity index is 517. The number of amides is 1. The average molecular weight is 309 g/mol. The van der Waals surface area contributed by atoms with Gasteiger partial charge in [0.1, 0.15) is 11.9 Å². The number of nitrogens with one attached hydrogen (secondary N) is 1. The van der Waals surface area contributed by atoms with Crippen molar-refractivity contribution in [2.45, 2.75) is 44.8 Å². The van der Waals surface area contributed by atoms with Crippen LogP contribution < -0.4 is 5.32 Å². The van der Waals surface area contributed by atoms with Gasteiger partial charge in [0, 0.05) is 0 Å². The molecule has 1 aliphatic heterocycles. The molecule has 0 radical (unpaired) electrons. The number of rotatable bonds is 7. The molecular formula is C16H20FNO4. The molecule has 1 amide bonds. The van der Waals surface area contributed by atoms with E-state index in [1.54, 1.807) is 19.1 Å². The van der Waals surface area contributed by atoms with E-state index in [4.69, 9.17) is 9.47 Å². The molecule has 0 spiro atoms. The molecule has 1 aliphatic rings. The van der Waals surface area contributed by atoms with Crippen molar-refractivity contribution in [2.24, 2.45) is 0 Å². The number of cyclic esters (lactones) is 1. The van der Waals surface area contributed by atoms with Crippen LogP contribution in [0.15, 0.2) is 24.3 Å². The fourth-order valence-corrected chi connectivity index (χ4v) is 2.21. The van der Waals surface area contributed by atoms with Gasteiger partial charge in [0.15, 0.2) is 6.04 Å².